The summed E-state index contributed by atoms with van der Waals surface area (Å²) in [5.74, 6) is 2.49. The fourth-order valence-electron chi connectivity index (χ4n) is 3.37. The second kappa shape index (κ2) is 10.00. The van der Waals surface area contributed by atoms with Crippen molar-refractivity contribution in [3.05, 3.63) is 106 Å². The van der Waals surface area contributed by atoms with Crippen LogP contribution in [0.25, 0.3) is 5.69 Å². The molecule has 0 N–H and O–H groups in total. The number of hydrogen-bond donors (Lipinski definition) is 0. The monoisotopic (exact) mass is 490 g/mol. The lowest BCUT2D eigenvalue weighted by Crippen LogP contribution is -2.26. The highest BCUT2D eigenvalue weighted by Crippen LogP contribution is 2.23. The fraction of sp³-hybridized carbons (Fsp3) is 0.115. The Morgan fingerprint density at radius 3 is 2.41 bits per heavy atom. The third kappa shape index (κ3) is 4.91. The van der Waals surface area contributed by atoms with Gasteiger partial charge in [0.2, 0.25) is 0 Å². The maximum absolute atomic E-state index is 13.5. The molecular formula is C26H22N2O4S2. The molecule has 2 aromatic carbocycles. The van der Waals surface area contributed by atoms with Gasteiger partial charge in [0.05, 0.1) is 35.4 Å². The van der Waals surface area contributed by atoms with E-state index in [0.29, 0.717) is 16.8 Å². The molecule has 6 nitrogen and oxygen atoms in total. The van der Waals surface area contributed by atoms with Gasteiger partial charge in [-0.3, -0.25) is 0 Å². The normalized spacial score (nSPS) is 10.9. The molecule has 0 saturated carbocycles. The van der Waals surface area contributed by atoms with Crippen molar-refractivity contribution in [1.82, 2.24) is 8.87 Å². The Morgan fingerprint density at radius 1 is 1.03 bits per heavy atom. The van der Waals surface area contributed by atoms with Crippen LogP contribution in [-0.2, 0) is 21.3 Å². The van der Waals surface area contributed by atoms with Gasteiger partial charge in [-0.15, -0.1) is 11.3 Å². The number of methoxy groups -OCH3 is 1. The van der Waals surface area contributed by atoms with E-state index in [2.05, 4.69) is 12.0 Å². The van der Waals surface area contributed by atoms with Crippen LogP contribution in [0.15, 0.2) is 89.4 Å². The van der Waals surface area contributed by atoms with Gasteiger partial charge in [-0.1, -0.05) is 29.8 Å². The van der Waals surface area contributed by atoms with Crippen molar-refractivity contribution in [3.63, 3.8) is 0 Å². The van der Waals surface area contributed by atoms with Crippen molar-refractivity contribution in [2.75, 3.05) is 7.11 Å². The summed E-state index contributed by atoms with van der Waals surface area (Å²) in [5, 5.41) is 1.89. The molecule has 0 aliphatic carbocycles. The van der Waals surface area contributed by atoms with Crippen molar-refractivity contribution >= 4 is 27.3 Å². The highest BCUT2D eigenvalue weighted by Gasteiger charge is 2.23. The van der Waals surface area contributed by atoms with Gasteiger partial charge >= 0.3 is 5.97 Å². The number of aromatic nitrogens is 1. The smallest absolute Gasteiger partial charge is 0.340 e. The molecule has 4 rings (SSSR count). The van der Waals surface area contributed by atoms with Crippen molar-refractivity contribution in [2.45, 2.75) is 18.4 Å². The van der Waals surface area contributed by atoms with Gasteiger partial charge < -0.3 is 9.30 Å². The van der Waals surface area contributed by atoms with E-state index in [0.717, 1.165) is 14.7 Å². The van der Waals surface area contributed by atoms with Crippen molar-refractivity contribution in [1.29, 1.82) is 0 Å². The van der Waals surface area contributed by atoms with Gasteiger partial charge in [-0.05, 0) is 60.7 Å². The number of carbonyl (C=O) groups is 1. The van der Waals surface area contributed by atoms with Gasteiger partial charge in [-0.2, -0.15) is 0 Å². The van der Waals surface area contributed by atoms with Crippen LogP contribution in [0.2, 0.25) is 0 Å². The van der Waals surface area contributed by atoms with E-state index in [1.54, 1.807) is 59.4 Å². The van der Waals surface area contributed by atoms with Gasteiger partial charge in [0.1, 0.15) is 0 Å². The van der Waals surface area contributed by atoms with Crippen LogP contribution in [0.3, 0.4) is 0 Å². The van der Waals surface area contributed by atoms with E-state index in [-0.39, 0.29) is 11.4 Å². The highest BCUT2D eigenvalue weighted by atomic mass is 32.2. The van der Waals surface area contributed by atoms with Gasteiger partial charge in [-0.25, -0.2) is 17.5 Å². The van der Waals surface area contributed by atoms with Crippen LogP contribution in [0.4, 0.5) is 0 Å². The first kappa shape index (κ1) is 23.4. The number of hydrogen-bond acceptors (Lipinski definition) is 5. The van der Waals surface area contributed by atoms with Crippen LogP contribution < -0.4 is 0 Å². The minimum Gasteiger partial charge on any atom is -0.465 e. The summed E-state index contributed by atoms with van der Waals surface area (Å²) in [6.45, 7) is 2.01. The summed E-state index contributed by atoms with van der Waals surface area (Å²) in [4.78, 5) is 13.4. The van der Waals surface area contributed by atoms with Crippen LogP contribution in [0, 0.1) is 18.9 Å². The number of carbonyl (C=O) groups excluding carboxylic acids is 1. The summed E-state index contributed by atoms with van der Waals surface area (Å²) in [5.41, 5.74) is 2.31. The zero-order valence-electron chi connectivity index (χ0n) is 18.6. The molecule has 0 aliphatic rings. The zero-order chi connectivity index (χ0) is 24.1. The molecule has 2 aromatic heterocycles. The van der Waals surface area contributed by atoms with Crippen molar-refractivity contribution in [3.8, 4) is 17.7 Å². The SMILES string of the molecule is COC(=O)c1cccc(C#CN(Cc2cccs2)S(=O)(=O)c2ccc(C)cc2)c1-n1cccc1. The molecule has 2 heterocycles. The molecule has 0 fully saturated rings. The molecule has 172 valence electrons. The third-order valence-corrected chi connectivity index (χ3v) is 7.64. The molecule has 8 heteroatoms. The predicted octanol–water partition coefficient (Wildman–Crippen LogP) is 4.83. The Balaban J connectivity index is 1.83. The quantitative estimate of drug-likeness (QED) is 0.220. The number of rotatable bonds is 6. The minimum atomic E-state index is -3.89. The van der Waals surface area contributed by atoms with E-state index in [4.69, 9.17) is 4.74 Å². The number of para-hydroxylation sites is 1. The second-order valence-electron chi connectivity index (χ2n) is 7.42. The van der Waals surface area contributed by atoms with E-state index < -0.39 is 16.0 Å². The first-order chi connectivity index (χ1) is 16.4. The maximum atomic E-state index is 13.5. The fourth-order valence-corrected chi connectivity index (χ4v) is 5.35. The molecular weight excluding hydrogens is 468 g/mol. The van der Waals surface area contributed by atoms with Gasteiger partial charge in [0.25, 0.3) is 10.0 Å². The maximum Gasteiger partial charge on any atom is 0.340 e. The number of ether oxygens (including phenoxy) is 1. The van der Waals surface area contributed by atoms with E-state index in [1.807, 2.05) is 36.6 Å². The summed E-state index contributed by atoms with van der Waals surface area (Å²) >= 11 is 1.46. The van der Waals surface area contributed by atoms with Crippen LogP contribution in [0.1, 0.15) is 26.4 Å². The van der Waals surface area contributed by atoms with Crippen LogP contribution in [0.5, 0.6) is 0 Å². The average molecular weight is 491 g/mol. The Morgan fingerprint density at radius 2 is 1.76 bits per heavy atom. The summed E-state index contributed by atoms with van der Waals surface area (Å²) in [6.07, 6.45) is 3.58. The zero-order valence-corrected chi connectivity index (χ0v) is 20.3. The van der Waals surface area contributed by atoms with Crippen LogP contribution in [-0.4, -0.2) is 30.4 Å². The van der Waals surface area contributed by atoms with Gasteiger partial charge in [0, 0.05) is 23.3 Å². The second-order valence-corrected chi connectivity index (χ2v) is 10.3. The third-order valence-electron chi connectivity index (χ3n) is 5.11. The Labute approximate surface area is 203 Å². The Kier molecular flexibility index (Phi) is 6.87. The summed E-state index contributed by atoms with van der Waals surface area (Å²) in [6, 6.07) is 22.0. The molecule has 0 amide bonds. The molecule has 4 aromatic rings. The number of nitrogens with zero attached hydrogens (tertiary/aromatic N) is 2. The highest BCUT2D eigenvalue weighted by molar-refractivity contribution is 7.89. The average Bonchev–Trinajstić information content (AvgIpc) is 3.55. The van der Waals surface area contributed by atoms with E-state index in [9.17, 15) is 13.2 Å². The first-order valence-corrected chi connectivity index (χ1v) is 12.7. The molecule has 0 aliphatic heterocycles. The molecule has 0 radical (unpaired) electrons. The van der Waals surface area contributed by atoms with Crippen LogP contribution >= 0.6 is 11.3 Å². The Hall–Kier alpha value is -3.80. The summed E-state index contributed by atoms with van der Waals surface area (Å²) in [7, 11) is -2.58. The largest absolute Gasteiger partial charge is 0.465 e. The molecule has 0 spiro atoms. The summed E-state index contributed by atoms with van der Waals surface area (Å²) < 4.78 is 34.8. The molecule has 0 saturated heterocycles. The first-order valence-electron chi connectivity index (χ1n) is 10.4. The number of aryl methyl sites for hydroxylation is 1. The lowest BCUT2D eigenvalue weighted by atomic mass is 10.1. The van der Waals surface area contributed by atoms with Crippen molar-refractivity contribution in [2.24, 2.45) is 0 Å². The topological polar surface area (TPSA) is 68.6 Å². The number of thiophene rings is 1. The lowest BCUT2D eigenvalue weighted by Gasteiger charge is -2.18. The Bertz CT molecular complexity index is 1450. The molecule has 34 heavy (non-hydrogen) atoms. The lowest BCUT2D eigenvalue weighted by molar-refractivity contribution is 0.0600. The molecule has 0 atom stereocenters. The van der Waals surface area contributed by atoms with E-state index >= 15 is 0 Å². The van der Waals surface area contributed by atoms with Crippen molar-refractivity contribution < 1.29 is 17.9 Å². The number of benzene rings is 2. The minimum absolute atomic E-state index is 0.108. The molecule has 0 bridgehead atoms. The number of esters is 1. The van der Waals surface area contributed by atoms with E-state index in [1.165, 1.54) is 18.4 Å². The number of sulfonamides is 1. The van der Waals surface area contributed by atoms with Gasteiger partial charge in [0.15, 0.2) is 0 Å². The standard InChI is InChI=1S/C26H22N2O4S2/c1-20-10-12-23(13-11-20)34(30,31)28(19-22-8-6-18-33-22)17-14-21-7-5-9-24(26(29)32-2)25(21)27-15-3-4-16-27/h3-13,15-16,18H,19H2,1-2H3. The predicted molar refractivity (Wildman–Crippen MR) is 132 cm³/mol. The molecule has 0 unspecified atom stereocenters.